The Hall–Kier alpha value is -2.80. The van der Waals surface area contributed by atoms with Crippen LogP contribution in [0.1, 0.15) is 33.6 Å². The van der Waals surface area contributed by atoms with Gasteiger partial charge < -0.3 is 20.4 Å². The molecule has 8 heteroatoms. The second-order valence-electron chi connectivity index (χ2n) is 6.13. The lowest BCUT2D eigenvalue weighted by molar-refractivity contribution is -0.121. The van der Waals surface area contributed by atoms with E-state index in [2.05, 4.69) is 5.32 Å². The molecular formula is C18H18ClN3O4. The highest BCUT2D eigenvalue weighted by molar-refractivity contribution is 6.34. The standard InChI is InChI=1S/C18H18ClN3O4/c19-15-9-13(1-2-14(15)16(20)23)21-17(24)11-3-6-22(7-4-11)18(25)12-5-8-26-10-12/h1-2,5,8-11H,3-4,6-7H2,(H2,20,23)(H,21,24). The molecule has 1 fully saturated rings. The second-order valence-corrected chi connectivity index (χ2v) is 6.53. The van der Waals surface area contributed by atoms with E-state index in [1.807, 2.05) is 0 Å². The molecule has 7 nitrogen and oxygen atoms in total. The molecule has 3 amide bonds. The van der Waals surface area contributed by atoms with Gasteiger partial charge in [0.05, 0.1) is 22.4 Å². The summed E-state index contributed by atoms with van der Waals surface area (Å²) in [4.78, 5) is 37.6. The first kappa shape index (κ1) is 18.0. The van der Waals surface area contributed by atoms with Crippen molar-refractivity contribution >= 4 is 35.0 Å². The van der Waals surface area contributed by atoms with E-state index in [0.29, 0.717) is 37.2 Å². The molecule has 26 heavy (non-hydrogen) atoms. The molecule has 1 saturated heterocycles. The molecule has 3 rings (SSSR count). The topological polar surface area (TPSA) is 106 Å². The predicted molar refractivity (Wildman–Crippen MR) is 95.9 cm³/mol. The van der Waals surface area contributed by atoms with Crippen LogP contribution in [0.5, 0.6) is 0 Å². The van der Waals surface area contributed by atoms with Crippen LogP contribution in [0.3, 0.4) is 0 Å². The lowest BCUT2D eigenvalue weighted by Gasteiger charge is -2.31. The van der Waals surface area contributed by atoms with E-state index in [9.17, 15) is 14.4 Å². The fraction of sp³-hybridized carbons (Fsp3) is 0.278. The molecular weight excluding hydrogens is 358 g/mol. The molecule has 1 aromatic heterocycles. The number of likely N-dealkylation sites (tertiary alicyclic amines) is 1. The van der Waals surface area contributed by atoms with Gasteiger partial charge in [-0.05, 0) is 37.1 Å². The third-order valence-corrected chi connectivity index (χ3v) is 4.74. The fourth-order valence-corrected chi connectivity index (χ4v) is 3.22. The Morgan fingerprint density at radius 2 is 1.92 bits per heavy atom. The van der Waals surface area contributed by atoms with Crippen LogP contribution in [0.15, 0.2) is 41.2 Å². The van der Waals surface area contributed by atoms with E-state index >= 15 is 0 Å². The maximum Gasteiger partial charge on any atom is 0.257 e. The molecule has 2 heterocycles. The van der Waals surface area contributed by atoms with Crippen LogP contribution in [0, 0.1) is 5.92 Å². The summed E-state index contributed by atoms with van der Waals surface area (Å²) in [6.45, 7) is 1.01. The highest BCUT2D eigenvalue weighted by Gasteiger charge is 2.28. The maximum absolute atomic E-state index is 12.4. The zero-order valence-corrected chi connectivity index (χ0v) is 14.7. The summed E-state index contributed by atoms with van der Waals surface area (Å²) in [5, 5.41) is 2.99. The molecule has 1 aromatic carbocycles. The molecule has 0 bridgehead atoms. The van der Waals surface area contributed by atoms with Gasteiger partial charge in [-0.3, -0.25) is 14.4 Å². The average molecular weight is 376 g/mol. The van der Waals surface area contributed by atoms with Gasteiger partial charge in [-0.15, -0.1) is 0 Å². The molecule has 1 aliphatic rings. The van der Waals surface area contributed by atoms with Crippen molar-refractivity contribution in [1.82, 2.24) is 4.90 Å². The number of amides is 3. The van der Waals surface area contributed by atoms with Gasteiger partial charge in [-0.1, -0.05) is 11.6 Å². The molecule has 0 radical (unpaired) electrons. The van der Waals surface area contributed by atoms with Crippen molar-refractivity contribution in [2.45, 2.75) is 12.8 Å². The minimum Gasteiger partial charge on any atom is -0.472 e. The van der Waals surface area contributed by atoms with Crippen molar-refractivity contribution in [2.75, 3.05) is 18.4 Å². The van der Waals surface area contributed by atoms with Crippen LogP contribution < -0.4 is 11.1 Å². The van der Waals surface area contributed by atoms with Crippen molar-refractivity contribution in [3.05, 3.63) is 52.9 Å². The van der Waals surface area contributed by atoms with Crippen molar-refractivity contribution in [3.63, 3.8) is 0 Å². The van der Waals surface area contributed by atoms with E-state index < -0.39 is 5.91 Å². The first-order chi connectivity index (χ1) is 12.5. The highest BCUT2D eigenvalue weighted by atomic mass is 35.5. The van der Waals surface area contributed by atoms with E-state index in [4.69, 9.17) is 21.8 Å². The number of furan rings is 1. The third-order valence-electron chi connectivity index (χ3n) is 4.42. The zero-order chi connectivity index (χ0) is 18.7. The quantitative estimate of drug-likeness (QED) is 0.856. The number of primary amides is 1. The second kappa shape index (κ2) is 7.61. The molecule has 1 aliphatic heterocycles. The molecule has 0 aliphatic carbocycles. The number of hydrogen-bond acceptors (Lipinski definition) is 4. The summed E-state index contributed by atoms with van der Waals surface area (Å²) in [6, 6.07) is 6.19. The predicted octanol–water partition coefficient (Wildman–Crippen LogP) is 2.52. The number of nitrogens with zero attached hydrogens (tertiary/aromatic N) is 1. The number of nitrogens with one attached hydrogen (secondary N) is 1. The van der Waals surface area contributed by atoms with E-state index in [1.54, 1.807) is 17.0 Å². The highest BCUT2D eigenvalue weighted by Crippen LogP contribution is 2.24. The van der Waals surface area contributed by atoms with E-state index in [1.165, 1.54) is 24.7 Å². The largest absolute Gasteiger partial charge is 0.472 e. The molecule has 136 valence electrons. The first-order valence-electron chi connectivity index (χ1n) is 8.17. The number of rotatable bonds is 4. The number of piperidine rings is 1. The van der Waals surface area contributed by atoms with Crippen LogP contribution in [-0.2, 0) is 4.79 Å². The van der Waals surface area contributed by atoms with Gasteiger partial charge in [0.2, 0.25) is 11.8 Å². The average Bonchev–Trinajstić information content (AvgIpc) is 3.15. The lowest BCUT2D eigenvalue weighted by Crippen LogP contribution is -2.41. The van der Waals surface area contributed by atoms with Crippen molar-refractivity contribution in [3.8, 4) is 0 Å². The van der Waals surface area contributed by atoms with Gasteiger partial charge in [0.15, 0.2) is 0 Å². The Morgan fingerprint density at radius 1 is 1.19 bits per heavy atom. The van der Waals surface area contributed by atoms with Gasteiger partial charge in [-0.2, -0.15) is 0 Å². The molecule has 2 aromatic rings. The van der Waals surface area contributed by atoms with Gasteiger partial charge in [0.1, 0.15) is 6.26 Å². The van der Waals surface area contributed by atoms with E-state index in [0.717, 1.165) is 0 Å². The smallest absolute Gasteiger partial charge is 0.257 e. The summed E-state index contributed by atoms with van der Waals surface area (Å²) >= 11 is 5.99. The van der Waals surface area contributed by atoms with Crippen molar-refractivity contribution in [1.29, 1.82) is 0 Å². The molecule has 3 N–H and O–H groups in total. The Morgan fingerprint density at radius 3 is 2.50 bits per heavy atom. The van der Waals surface area contributed by atoms with Crippen LogP contribution >= 0.6 is 11.6 Å². The molecule has 0 saturated carbocycles. The Bertz CT molecular complexity index is 827. The van der Waals surface area contributed by atoms with Crippen molar-refractivity contribution < 1.29 is 18.8 Å². The minimum absolute atomic E-state index is 0.0913. The zero-order valence-electron chi connectivity index (χ0n) is 13.9. The number of hydrogen-bond donors (Lipinski definition) is 2. The fourth-order valence-electron chi connectivity index (χ4n) is 2.95. The number of carbonyl (C=O) groups excluding carboxylic acids is 3. The first-order valence-corrected chi connectivity index (χ1v) is 8.55. The van der Waals surface area contributed by atoms with Gasteiger partial charge in [0.25, 0.3) is 5.91 Å². The Kier molecular flexibility index (Phi) is 5.27. The van der Waals surface area contributed by atoms with Gasteiger partial charge >= 0.3 is 0 Å². The number of benzene rings is 1. The van der Waals surface area contributed by atoms with E-state index in [-0.39, 0.29) is 28.3 Å². The normalized spacial score (nSPS) is 14.9. The molecule has 0 unspecified atom stereocenters. The maximum atomic E-state index is 12.4. The summed E-state index contributed by atoms with van der Waals surface area (Å²) in [6.07, 6.45) is 4.02. The Labute approximate surface area is 155 Å². The number of halogens is 1. The van der Waals surface area contributed by atoms with Crippen LogP contribution in [-0.4, -0.2) is 35.7 Å². The molecule has 0 spiro atoms. The summed E-state index contributed by atoms with van der Waals surface area (Å²) < 4.78 is 4.93. The third kappa shape index (κ3) is 3.88. The minimum atomic E-state index is -0.623. The summed E-state index contributed by atoms with van der Waals surface area (Å²) in [5.41, 5.74) is 6.42. The number of nitrogens with two attached hydrogens (primary N) is 1. The van der Waals surface area contributed by atoms with Crippen LogP contribution in [0.4, 0.5) is 5.69 Å². The lowest BCUT2D eigenvalue weighted by atomic mass is 9.95. The van der Waals surface area contributed by atoms with Crippen molar-refractivity contribution in [2.24, 2.45) is 11.7 Å². The number of carbonyl (C=O) groups is 3. The Balaban J connectivity index is 1.56. The number of anilines is 1. The molecule has 0 atom stereocenters. The van der Waals surface area contributed by atoms with Crippen LogP contribution in [0.2, 0.25) is 5.02 Å². The van der Waals surface area contributed by atoms with Crippen LogP contribution in [0.25, 0.3) is 0 Å². The van der Waals surface area contributed by atoms with Gasteiger partial charge in [0, 0.05) is 24.7 Å². The summed E-state index contributed by atoms with van der Waals surface area (Å²) in [7, 11) is 0. The summed E-state index contributed by atoms with van der Waals surface area (Å²) in [5.74, 6) is -1.05. The SMILES string of the molecule is NC(=O)c1ccc(NC(=O)C2CCN(C(=O)c3ccoc3)CC2)cc1Cl. The monoisotopic (exact) mass is 375 g/mol. The van der Waals surface area contributed by atoms with Gasteiger partial charge in [-0.25, -0.2) is 0 Å².